The number of aromatic nitrogens is 4. The van der Waals surface area contributed by atoms with Gasteiger partial charge in [-0.05, 0) is 43.5 Å². The fourth-order valence-electron chi connectivity index (χ4n) is 5.08. The number of carbonyl (C=O) groups excluding carboxylic acids is 1. The van der Waals surface area contributed by atoms with Crippen molar-refractivity contribution in [1.82, 2.24) is 34.7 Å². The predicted octanol–water partition coefficient (Wildman–Crippen LogP) is 2.96. The quantitative estimate of drug-likeness (QED) is 0.388. The van der Waals surface area contributed by atoms with Crippen LogP contribution in [0.15, 0.2) is 30.6 Å². The van der Waals surface area contributed by atoms with E-state index in [1.165, 1.54) is 18.4 Å². The van der Waals surface area contributed by atoms with E-state index in [1.54, 1.807) is 15.9 Å². The fourth-order valence-corrected chi connectivity index (χ4v) is 5.08. The number of hydrazine groups is 1. The summed E-state index contributed by atoms with van der Waals surface area (Å²) in [5.74, 6) is -2.01. The Hall–Kier alpha value is -4.29. The molecule has 12 nitrogen and oxygen atoms in total. The second-order valence-corrected chi connectivity index (χ2v) is 10.8. The van der Waals surface area contributed by atoms with Gasteiger partial charge in [-0.1, -0.05) is 25.0 Å². The Bertz CT molecular complexity index is 1460. The number of hydrogen-bond donors (Lipinski definition) is 2. The topological polar surface area (TPSA) is 144 Å². The predicted molar refractivity (Wildman–Crippen MR) is 151 cm³/mol. The number of anilines is 1. The van der Waals surface area contributed by atoms with E-state index in [2.05, 4.69) is 37.2 Å². The first-order chi connectivity index (χ1) is 20.4. The number of rotatable bonds is 7. The summed E-state index contributed by atoms with van der Waals surface area (Å²) in [6.07, 6.45) is 1.16. The van der Waals surface area contributed by atoms with E-state index in [-0.39, 0.29) is 11.7 Å². The molecule has 0 unspecified atom stereocenters. The minimum Gasteiger partial charge on any atom is -0.475 e. The number of benzene rings is 1. The van der Waals surface area contributed by atoms with Crippen molar-refractivity contribution in [2.24, 2.45) is 13.0 Å². The minimum atomic E-state index is -5.08. The summed E-state index contributed by atoms with van der Waals surface area (Å²) in [7, 11) is 3.99. The molecule has 230 valence electrons. The zero-order chi connectivity index (χ0) is 31.1. The van der Waals surface area contributed by atoms with Crippen molar-refractivity contribution in [3.63, 3.8) is 0 Å². The average Bonchev–Trinajstić information content (AvgIpc) is 3.63. The Balaban J connectivity index is 0.000000541. The second kappa shape index (κ2) is 13.8. The van der Waals surface area contributed by atoms with Crippen LogP contribution in [0.1, 0.15) is 47.4 Å². The van der Waals surface area contributed by atoms with Crippen LogP contribution in [0, 0.1) is 17.2 Å². The zero-order valence-corrected chi connectivity index (χ0v) is 24.0. The Kier molecular flexibility index (Phi) is 10.1. The van der Waals surface area contributed by atoms with Crippen LogP contribution in [0.2, 0.25) is 0 Å². The van der Waals surface area contributed by atoms with Gasteiger partial charge < -0.3 is 14.6 Å². The third kappa shape index (κ3) is 8.39. The van der Waals surface area contributed by atoms with Crippen LogP contribution in [0.25, 0.3) is 11.2 Å². The van der Waals surface area contributed by atoms with Crippen molar-refractivity contribution in [3.8, 4) is 6.07 Å². The summed E-state index contributed by atoms with van der Waals surface area (Å²) < 4.78 is 33.5. The smallest absolute Gasteiger partial charge is 0.475 e. The monoisotopic (exact) mass is 601 g/mol. The van der Waals surface area contributed by atoms with E-state index >= 15 is 0 Å². The minimum absolute atomic E-state index is 0.0556. The highest BCUT2D eigenvalue weighted by atomic mass is 19.4. The van der Waals surface area contributed by atoms with Gasteiger partial charge in [-0.25, -0.2) is 9.78 Å². The van der Waals surface area contributed by atoms with Gasteiger partial charge in [-0.15, -0.1) is 0 Å². The number of carbonyl (C=O) groups is 2. The molecule has 1 aliphatic carbocycles. The molecule has 0 atom stereocenters. The van der Waals surface area contributed by atoms with Crippen LogP contribution in [-0.4, -0.2) is 92.2 Å². The van der Waals surface area contributed by atoms with Gasteiger partial charge in [-0.2, -0.15) is 28.4 Å². The maximum absolute atomic E-state index is 13.3. The summed E-state index contributed by atoms with van der Waals surface area (Å²) >= 11 is 0. The van der Waals surface area contributed by atoms with Crippen molar-refractivity contribution >= 4 is 28.9 Å². The van der Waals surface area contributed by atoms with Gasteiger partial charge in [0.25, 0.3) is 5.91 Å². The molecule has 2 aliphatic rings. The molecule has 0 spiro atoms. The number of aliphatic carboxylic acids is 1. The van der Waals surface area contributed by atoms with Gasteiger partial charge in [0.1, 0.15) is 6.07 Å². The van der Waals surface area contributed by atoms with Crippen LogP contribution in [-0.2, 0) is 18.4 Å². The third-order valence-corrected chi connectivity index (χ3v) is 7.51. The molecule has 0 bridgehead atoms. The lowest BCUT2D eigenvalue weighted by Gasteiger charge is -2.32. The van der Waals surface area contributed by atoms with Gasteiger partial charge in [-0.3, -0.25) is 20.1 Å². The van der Waals surface area contributed by atoms with Crippen LogP contribution in [0.5, 0.6) is 0 Å². The van der Waals surface area contributed by atoms with Crippen LogP contribution >= 0.6 is 0 Å². The average molecular weight is 602 g/mol. The van der Waals surface area contributed by atoms with Gasteiger partial charge in [0, 0.05) is 51.9 Å². The molecular weight excluding hydrogens is 567 g/mol. The maximum Gasteiger partial charge on any atom is 0.490 e. The molecule has 2 fully saturated rings. The molecule has 1 saturated heterocycles. The van der Waals surface area contributed by atoms with Crippen LogP contribution in [0.3, 0.4) is 0 Å². The fraction of sp³-hybridized carbons (Fsp3) is 0.500. The molecule has 1 aromatic carbocycles. The molecule has 2 aromatic heterocycles. The molecule has 5 rings (SSSR count). The summed E-state index contributed by atoms with van der Waals surface area (Å²) in [4.78, 5) is 40.3. The van der Waals surface area contributed by atoms with E-state index in [0.717, 1.165) is 45.6 Å². The van der Waals surface area contributed by atoms with Gasteiger partial charge in [0.05, 0.1) is 6.33 Å². The lowest BCUT2D eigenvalue weighted by atomic mass is 10.1. The molecule has 1 amide bonds. The van der Waals surface area contributed by atoms with E-state index in [0.29, 0.717) is 35.0 Å². The Morgan fingerprint density at radius 2 is 1.72 bits per heavy atom. The summed E-state index contributed by atoms with van der Waals surface area (Å²) in [5.41, 5.74) is 5.98. The summed E-state index contributed by atoms with van der Waals surface area (Å²) in [6, 6.07) is 9.87. The van der Waals surface area contributed by atoms with Crippen LogP contribution < -0.4 is 10.4 Å². The number of likely N-dealkylation sites (N-methyl/N-ethyl adjacent to an activating group) is 1. The largest absolute Gasteiger partial charge is 0.490 e. The lowest BCUT2D eigenvalue weighted by Crippen LogP contribution is -2.45. The number of carboxylic acid groups (broad SMARTS) is 1. The lowest BCUT2D eigenvalue weighted by molar-refractivity contribution is -0.192. The third-order valence-electron chi connectivity index (χ3n) is 7.51. The number of imidazole rings is 1. The van der Waals surface area contributed by atoms with Crippen molar-refractivity contribution < 1.29 is 27.9 Å². The Morgan fingerprint density at radius 3 is 2.30 bits per heavy atom. The standard InChI is InChI=1S/C26H33N9O.C2HF3O2/c1-32-11-13-34(14-12-32)16-20-7-9-21(10-8-20)26(36)31-35(17-19-5-3-4-6-19)25-23-24(33(2)18-28-23)29-22(15-27)30-25;3-2(4,5)1(6)7/h7-10,18-19H,3-6,11-14,16-17H2,1-2H3,(H,31,36);(H,6,7). The van der Waals surface area contributed by atoms with Crippen molar-refractivity contribution in [2.45, 2.75) is 38.4 Å². The molecule has 43 heavy (non-hydrogen) atoms. The molecule has 3 heterocycles. The van der Waals surface area contributed by atoms with Gasteiger partial charge in [0.2, 0.25) is 5.82 Å². The molecule has 15 heteroatoms. The highest BCUT2D eigenvalue weighted by Gasteiger charge is 2.38. The molecule has 1 saturated carbocycles. The van der Waals surface area contributed by atoms with Crippen molar-refractivity contribution in [1.29, 1.82) is 5.26 Å². The number of fused-ring (bicyclic) bond motifs is 1. The number of carboxylic acids is 1. The number of amides is 1. The van der Waals surface area contributed by atoms with Gasteiger partial charge in [0.15, 0.2) is 17.0 Å². The molecule has 2 N–H and O–H groups in total. The molecule has 3 aromatic rings. The van der Waals surface area contributed by atoms with E-state index in [9.17, 15) is 23.2 Å². The van der Waals surface area contributed by atoms with E-state index in [4.69, 9.17) is 9.90 Å². The Labute approximate surface area is 246 Å². The number of nitrogens with zero attached hydrogens (tertiary/aromatic N) is 8. The maximum atomic E-state index is 13.3. The number of alkyl halides is 3. The molecular formula is C28H34F3N9O3. The first kappa shape index (κ1) is 31.6. The van der Waals surface area contributed by atoms with E-state index < -0.39 is 12.1 Å². The highest BCUT2D eigenvalue weighted by Crippen LogP contribution is 2.28. The number of piperazine rings is 1. The number of nitriles is 1. The normalized spacial score (nSPS) is 16.4. The molecule has 1 aliphatic heterocycles. The van der Waals surface area contributed by atoms with Gasteiger partial charge >= 0.3 is 12.1 Å². The van der Waals surface area contributed by atoms with Crippen molar-refractivity contribution in [2.75, 3.05) is 44.8 Å². The molecule has 0 radical (unpaired) electrons. The Morgan fingerprint density at radius 1 is 1.09 bits per heavy atom. The number of halogens is 3. The first-order valence-electron chi connectivity index (χ1n) is 13.9. The zero-order valence-electron chi connectivity index (χ0n) is 24.0. The van der Waals surface area contributed by atoms with E-state index in [1.807, 2.05) is 37.4 Å². The summed E-state index contributed by atoms with van der Waals surface area (Å²) in [6.45, 7) is 5.77. The number of hydrogen-bond acceptors (Lipinski definition) is 9. The van der Waals surface area contributed by atoms with Crippen LogP contribution in [0.4, 0.5) is 19.0 Å². The first-order valence-corrected chi connectivity index (χ1v) is 13.9. The highest BCUT2D eigenvalue weighted by molar-refractivity contribution is 5.96. The van der Waals surface area contributed by atoms with Crippen molar-refractivity contribution in [3.05, 3.63) is 47.5 Å². The number of nitrogens with one attached hydrogen (secondary N) is 1. The number of aryl methyl sites for hydroxylation is 1. The second-order valence-electron chi connectivity index (χ2n) is 10.8. The summed E-state index contributed by atoms with van der Waals surface area (Å²) in [5, 5.41) is 18.4. The SMILES string of the molecule is CN1CCN(Cc2ccc(C(=O)NN(CC3CCCC3)c3nc(C#N)nc4c3ncn4C)cc2)CC1.O=C(O)C(F)(F)F.